The molecular weight excluding hydrogens is 453 g/mol. The minimum atomic E-state index is -0.563. The average molecular weight is 476 g/mol. The fourth-order valence-electron chi connectivity index (χ4n) is 3.04. The van der Waals surface area contributed by atoms with Crippen LogP contribution in [0.3, 0.4) is 0 Å². The lowest BCUT2D eigenvalue weighted by Gasteiger charge is -2.10. The molecule has 0 spiro atoms. The number of carbonyl (C=O) groups excluding carboxylic acids is 2. The van der Waals surface area contributed by atoms with Crippen molar-refractivity contribution < 1.29 is 14.0 Å². The normalized spacial score (nSPS) is 10.8. The number of thioether (sulfide) groups is 1. The molecule has 0 bridgehead atoms. The van der Waals surface area contributed by atoms with Crippen LogP contribution >= 0.6 is 23.4 Å². The molecule has 2 amide bonds. The molecule has 32 heavy (non-hydrogen) atoms. The molecule has 0 fully saturated rings. The van der Waals surface area contributed by atoms with Gasteiger partial charge in [-0.2, -0.15) is 0 Å². The highest BCUT2D eigenvalue weighted by molar-refractivity contribution is 7.99. The molecule has 0 atom stereocenters. The number of carbonyl (C=O) groups is 2. The molecule has 1 heterocycles. The van der Waals surface area contributed by atoms with Crippen molar-refractivity contribution in [2.75, 3.05) is 17.6 Å². The Bertz CT molecular complexity index is 1120. The first-order chi connectivity index (χ1) is 15.4. The predicted molar refractivity (Wildman–Crippen MR) is 124 cm³/mol. The van der Waals surface area contributed by atoms with Gasteiger partial charge in [-0.1, -0.05) is 35.5 Å². The number of amides is 2. The first-order valence-electron chi connectivity index (χ1n) is 10.0. The zero-order valence-electron chi connectivity index (χ0n) is 17.7. The van der Waals surface area contributed by atoms with Crippen LogP contribution in [0.5, 0.6) is 0 Å². The summed E-state index contributed by atoms with van der Waals surface area (Å²) in [7, 11) is 0. The second-order valence-corrected chi connectivity index (χ2v) is 8.30. The van der Waals surface area contributed by atoms with E-state index < -0.39 is 11.7 Å². The summed E-state index contributed by atoms with van der Waals surface area (Å²) in [5.41, 5.74) is 1.60. The van der Waals surface area contributed by atoms with Crippen molar-refractivity contribution in [3.63, 3.8) is 0 Å². The summed E-state index contributed by atoms with van der Waals surface area (Å²) in [5, 5.41) is 15.1. The summed E-state index contributed by atoms with van der Waals surface area (Å²) in [6.07, 6.45) is 0.428. The van der Waals surface area contributed by atoms with Crippen molar-refractivity contribution >= 4 is 40.9 Å². The van der Waals surface area contributed by atoms with Crippen LogP contribution in [0.1, 0.15) is 28.7 Å². The molecule has 0 saturated carbocycles. The minimum Gasteiger partial charge on any atom is -0.351 e. The first-order valence-corrected chi connectivity index (χ1v) is 11.4. The molecule has 2 N–H and O–H groups in total. The Labute approximate surface area is 194 Å². The van der Waals surface area contributed by atoms with E-state index in [4.69, 9.17) is 11.6 Å². The fourth-order valence-corrected chi connectivity index (χ4v) is 4.09. The highest BCUT2D eigenvalue weighted by atomic mass is 35.5. The topological polar surface area (TPSA) is 88.9 Å². The molecular formula is C22H23ClFN5O2S. The van der Waals surface area contributed by atoms with Crippen LogP contribution in [-0.4, -0.2) is 38.9 Å². The molecule has 0 aliphatic carbocycles. The number of nitrogens with one attached hydrogen (secondary N) is 2. The SMILES string of the molecule is CCn1c(CCNC(=O)c2ccccc2F)nnc1SCC(=O)Nc1ccc(Cl)cc1C. The second kappa shape index (κ2) is 11.1. The zero-order valence-corrected chi connectivity index (χ0v) is 19.3. The number of aryl methyl sites for hydroxylation is 1. The van der Waals surface area contributed by atoms with E-state index in [0.717, 1.165) is 5.56 Å². The van der Waals surface area contributed by atoms with Crippen molar-refractivity contribution in [3.8, 4) is 0 Å². The van der Waals surface area contributed by atoms with Crippen molar-refractivity contribution in [2.24, 2.45) is 0 Å². The Morgan fingerprint density at radius 1 is 1.19 bits per heavy atom. The van der Waals surface area contributed by atoms with E-state index in [1.54, 1.807) is 24.3 Å². The molecule has 0 aliphatic heterocycles. The van der Waals surface area contributed by atoms with Gasteiger partial charge in [0.15, 0.2) is 5.16 Å². The zero-order chi connectivity index (χ0) is 23.1. The first kappa shape index (κ1) is 23.7. The van der Waals surface area contributed by atoms with Crippen LogP contribution in [0.4, 0.5) is 10.1 Å². The van der Waals surface area contributed by atoms with Gasteiger partial charge in [0.05, 0.1) is 11.3 Å². The third-order valence-electron chi connectivity index (χ3n) is 4.66. The van der Waals surface area contributed by atoms with E-state index in [9.17, 15) is 14.0 Å². The van der Waals surface area contributed by atoms with Crippen LogP contribution < -0.4 is 10.6 Å². The van der Waals surface area contributed by atoms with Crippen LogP contribution in [0, 0.1) is 12.7 Å². The van der Waals surface area contributed by atoms with Gasteiger partial charge < -0.3 is 15.2 Å². The van der Waals surface area contributed by atoms with Gasteiger partial charge in [0.1, 0.15) is 11.6 Å². The highest BCUT2D eigenvalue weighted by Gasteiger charge is 2.15. The van der Waals surface area contributed by atoms with Gasteiger partial charge in [-0.15, -0.1) is 10.2 Å². The van der Waals surface area contributed by atoms with E-state index >= 15 is 0 Å². The van der Waals surface area contributed by atoms with Crippen molar-refractivity contribution in [1.29, 1.82) is 0 Å². The summed E-state index contributed by atoms with van der Waals surface area (Å²) in [6.45, 7) is 4.72. The molecule has 2 aromatic carbocycles. The van der Waals surface area contributed by atoms with Crippen molar-refractivity contribution in [3.05, 3.63) is 70.3 Å². The summed E-state index contributed by atoms with van der Waals surface area (Å²) in [5.74, 6) is -0.353. The molecule has 0 aliphatic rings. The predicted octanol–water partition coefficient (Wildman–Crippen LogP) is 4.10. The minimum absolute atomic E-state index is 0.00244. The van der Waals surface area contributed by atoms with Gasteiger partial charge in [0, 0.05) is 30.2 Å². The van der Waals surface area contributed by atoms with Crippen LogP contribution in [0.2, 0.25) is 5.02 Å². The number of hydrogen-bond acceptors (Lipinski definition) is 5. The maximum atomic E-state index is 13.7. The van der Waals surface area contributed by atoms with Crippen molar-refractivity contribution in [2.45, 2.75) is 32.0 Å². The third kappa shape index (κ3) is 6.08. The van der Waals surface area contributed by atoms with E-state index in [-0.39, 0.29) is 23.8 Å². The van der Waals surface area contributed by atoms with E-state index in [1.807, 2.05) is 18.4 Å². The standard InChI is InChI=1S/C22H23ClFN5O2S/c1-3-29-19(10-11-25-21(31)16-6-4-5-7-17(16)24)27-28-22(29)32-13-20(30)26-18-9-8-15(23)12-14(18)2/h4-9,12H,3,10-11,13H2,1-2H3,(H,25,31)(H,26,30). The van der Waals surface area contributed by atoms with Crippen molar-refractivity contribution in [1.82, 2.24) is 20.1 Å². The second-order valence-electron chi connectivity index (χ2n) is 6.92. The van der Waals surface area contributed by atoms with Gasteiger partial charge in [-0.3, -0.25) is 9.59 Å². The maximum absolute atomic E-state index is 13.7. The van der Waals surface area contributed by atoms with Gasteiger partial charge in [0.2, 0.25) is 5.91 Å². The number of aromatic nitrogens is 3. The summed E-state index contributed by atoms with van der Waals surface area (Å²) < 4.78 is 15.6. The Kier molecular flexibility index (Phi) is 8.24. The summed E-state index contributed by atoms with van der Waals surface area (Å²) >= 11 is 7.23. The van der Waals surface area contributed by atoms with Crippen LogP contribution in [-0.2, 0) is 17.8 Å². The Hall–Kier alpha value is -2.91. The molecule has 10 heteroatoms. The largest absolute Gasteiger partial charge is 0.351 e. The lowest BCUT2D eigenvalue weighted by atomic mass is 10.2. The lowest BCUT2D eigenvalue weighted by molar-refractivity contribution is -0.113. The number of hydrogen-bond donors (Lipinski definition) is 2. The molecule has 168 valence electrons. The molecule has 7 nitrogen and oxygen atoms in total. The molecule has 0 radical (unpaired) electrons. The van der Waals surface area contributed by atoms with Gasteiger partial charge in [-0.05, 0) is 49.7 Å². The van der Waals surface area contributed by atoms with Crippen LogP contribution in [0.25, 0.3) is 0 Å². The quantitative estimate of drug-likeness (QED) is 0.455. The van der Waals surface area contributed by atoms with E-state index in [1.165, 1.54) is 30.0 Å². The fraction of sp³-hybridized carbons (Fsp3) is 0.273. The van der Waals surface area contributed by atoms with Gasteiger partial charge >= 0.3 is 0 Å². The van der Waals surface area contributed by atoms with E-state index in [0.29, 0.717) is 34.7 Å². The maximum Gasteiger partial charge on any atom is 0.254 e. The van der Waals surface area contributed by atoms with Crippen LogP contribution in [0.15, 0.2) is 47.6 Å². The number of benzene rings is 2. The summed E-state index contributed by atoms with van der Waals surface area (Å²) in [4.78, 5) is 24.5. The third-order valence-corrected chi connectivity index (χ3v) is 5.86. The number of rotatable bonds is 9. The van der Waals surface area contributed by atoms with Gasteiger partial charge in [-0.25, -0.2) is 4.39 Å². The molecule has 3 rings (SSSR count). The molecule has 0 unspecified atom stereocenters. The average Bonchev–Trinajstić information content (AvgIpc) is 3.16. The number of nitrogens with zero attached hydrogens (tertiary/aromatic N) is 3. The Morgan fingerprint density at radius 2 is 1.97 bits per heavy atom. The monoisotopic (exact) mass is 475 g/mol. The lowest BCUT2D eigenvalue weighted by Crippen LogP contribution is -2.27. The molecule has 3 aromatic rings. The van der Waals surface area contributed by atoms with E-state index in [2.05, 4.69) is 20.8 Å². The Balaban J connectivity index is 1.53. The molecule has 0 saturated heterocycles. The molecule has 1 aromatic heterocycles. The number of anilines is 1. The van der Waals surface area contributed by atoms with Gasteiger partial charge in [0.25, 0.3) is 5.91 Å². The smallest absolute Gasteiger partial charge is 0.254 e. The summed E-state index contributed by atoms with van der Waals surface area (Å²) in [6, 6.07) is 11.1. The number of halogens is 2. The Morgan fingerprint density at radius 3 is 2.69 bits per heavy atom. The highest BCUT2D eigenvalue weighted by Crippen LogP contribution is 2.21.